The molecule has 2 aliphatic heterocycles. The molecule has 29 heavy (non-hydrogen) atoms. The number of halogens is 2. The lowest BCUT2D eigenvalue weighted by Crippen LogP contribution is -2.47. The molecule has 0 unspecified atom stereocenters. The number of piperidine rings is 2. The largest absolute Gasteiger partial charge is 0.504 e. The standard InChI is InChI=1S/C19H27N3O5.2ClH/c23-17(14-12-16(22(26)27)19(25)18(24)13-14)6-11-20-9-4-15(5-10-20)21-7-2-1-3-8-21;;/h12-13,15,24-25H,1-11H2;2*1H. The predicted molar refractivity (Wildman–Crippen MR) is 115 cm³/mol. The van der Waals surface area contributed by atoms with Crippen LogP contribution in [-0.2, 0) is 0 Å². The summed E-state index contributed by atoms with van der Waals surface area (Å²) in [5.74, 6) is -1.72. The maximum Gasteiger partial charge on any atom is 0.315 e. The average molecular weight is 450 g/mol. The molecule has 2 fully saturated rings. The molecular formula is C19H29Cl2N3O5. The highest BCUT2D eigenvalue weighted by Gasteiger charge is 2.26. The summed E-state index contributed by atoms with van der Waals surface area (Å²) < 4.78 is 0. The van der Waals surface area contributed by atoms with E-state index in [4.69, 9.17) is 0 Å². The Hall–Kier alpha value is -1.61. The summed E-state index contributed by atoms with van der Waals surface area (Å²) in [7, 11) is 0. The third kappa shape index (κ3) is 6.44. The summed E-state index contributed by atoms with van der Waals surface area (Å²) >= 11 is 0. The van der Waals surface area contributed by atoms with Crippen molar-refractivity contribution in [2.75, 3.05) is 32.7 Å². The van der Waals surface area contributed by atoms with Crippen molar-refractivity contribution in [3.8, 4) is 11.5 Å². The molecule has 2 saturated heterocycles. The molecule has 0 amide bonds. The van der Waals surface area contributed by atoms with Crippen LogP contribution in [-0.4, -0.2) is 69.5 Å². The van der Waals surface area contributed by atoms with E-state index in [1.807, 2.05) is 0 Å². The number of aromatic hydroxyl groups is 2. The Morgan fingerprint density at radius 2 is 1.69 bits per heavy atom. The fourth-order valence-corrected chi connectivity index (χ4v) is 4.10. The summed E-state index contributed by atoms with van der Waals surface area (Å²) in [6.45, 7) is 4.91. The van der Waals surface area contributed by atoms with Gasteiger partial charge in [0.1, 0.15) is 0 Å². The number of nitro groups is 1. The fraction of sp³-hybridized carbons (Fsp3) is 0.632. The SMILES string of the molecule is Cl.Cl.O=C(CCN1CCC(N2CCCCC2)CC1)c1cc(O)c(O)c([N+](=O)[O-])c1. The Bertz CT molecular complexity index is 705. The van der Waals surface area contributed by atoms with Gasteiger partial charge in [-0.25, -0.2) is 0 Å². The van der Waals surface area contributed by atoms with Crippen LogP contribution in [0.15, 0.2) is 12.1 Å². The third-order valence-electron chi connectivity index (χ3n) is 5.71. The van der Waals surface area contributed by atoms with Gasteiger partial charge in [-0.05, 0) is 57.9 Å². The lowest BCUT2D eigenvalue weighted by Gasteiger charge is -2.40. The van der Waals surface area contributed by atoms with Gasteiger partial charge in [0.05, 0.1) is 4.92 Å². The van der Waals surface area contributed by atoms with Crippen molar-refractivity contribution in [2.24, 2.45) is 0 Å². The van der Waals surface area contributed by atoms with E-state index in [0.29, 0.717) is 12.6 Å². The lowest BCUT2D eigenvalue weighted by molar-refractivity contribution is -0.386. The summed E-state index contributed by atoms with van der Waals surface area (Å²) in [4.78, 5) is 27.4. The number of hydrogen-bond donors (Lipinski definition) is 2. The van der Waals surface area contributed by atoms with E-state index in [1.165, 1.54) is 32.4 Å². The van der Waals surface area contributed by atoms with Gasteiger partial charge in [-0.2, -0.15) is 0 Å². The van der Waals surface area contributed by atoms with E-state index >= 15 is 0 Å². The number of ketones is 1. The molecule has 0 aliphatic carbocycles. The van der Waals surface area contributed by atoms with E-state index in [2.05, 4.69) is 9.80 Å². The van der Waals surface area contributed by atoms with Crippen molar-refractivity contribution in [3.63, 3.8) is 0 Å². The predicted octanol–water partition coefficient (Wildman–Crippen LogP) is 3.37. The normalized spacial score (nSPS) is 18.5. The van der Waals surface area contributed by atoms with E-state index in [1.54, 1.807) is 0 Å². The van der Waals surface area contributed by atoms with Crippen LogP contribution in [0.5, 0.6) is 11.5 Å². The zero-order valence-corrected chi connectivity index (χ0v) is 17.9. The molecule has 1 aromatic rings. The second kappa shape index (κ2) is 11.5. The number of hydrogen-bond acceptors (Lipinski definition) is 7. The van der Waals surface area contributed by atoms with Gasteiger partial charge in [0.15, 0.2) is 11.5 Å². The molecule has 10 heteroatoms. The molecule has 3 rings (SSSR count). The van der Waals surface area contributed by atoms with Crippen molar-refractivity contribution < 1.29 is 19.9 Å². The first-order valence-corrected chi connectivity index (χ1v) is 9.65. The molecule has 2 aliphatic rings. The number of phenols is 2. The molecule has 0 saturated carbocycles. The summed E-state index contributed by atoms with van der Waals surface area (Å²) in [6, 6.07) is 2.77. The van der Waals surface area contributed by atoms with Crippen LogP contribution in [0.25, 0.3) is 0 Å². The Morgan fingerprint density at radius 3 is 2.28 bits per heavy atom. The number of rotatable bonds is 6. The quantitative estimate of drug-likeness (QED) is 0.296. The van der Waals surface area contributed by atoms with Gasteiger partial charge in [-0.1, -0.05) is 6.42 Å². The number of nitro benzene ring substituents is 1. The van der Waals surface area contributed by atoms with Crippen LogP contribution < -0.4 is 0 Å². The Balaban J connectivity index is 0.00000210. The first-order valence-electron chi connectivity index (χ1n) is 9.65. The minimum absolute atomic E-state index is 0. The lowest BCUT2D eigenvalue weighted by atomic mass is 9.99. The maximum absolute atomic E-state index is 12.4. The molecule has 1 aromatic carbocycles. The molecule has 0 bridgehead atoms. The molecule has 0 spiro atoms. The number of nitrogens with zero attached hydrogens (tertiary/aromatic N) is 3. The number of Topliss-reactive ketones (excluding diaryl/α,β-unsaturated/α-hetero) is 1. The monoisotopic (exact) mass is 449 g/mol. The first kappa shape index (κ1) is 25.4. The van der Waals surface area contributed by atoms with Crippen LogP contribution in [0, 0.1) is 10.1 Å². The van der Waals surface area contributed by atoms with Crippen LogP contribution in [0.2, 0.25) is 0 Å². The molecule has 0 radical (unpaired) electrons. The van der Waals surface area contributed by atoms with Gasteiger partial charge in [0.25, 0.3) is 0 Å². The number of carbonyl (C=O) groups is 1. The van der Waals surface area contributed by atoms with Crippen molar-refractivity contribution >= 4 is 36.3 Å². The maximum atomic E-state index is 12.4. The highest BCUT2D eigenvalue weighted by atomic mass is 35.5. The van der Waals surface area contributed by atoms with Crippen molar-refractivity contribution in [3.05, 3.63) is 27.8 Å². The van der Waals surface area contributed by atoms with Gasteiger partial charge in [0, 0.05) is 30.6 Å². The number of benzene rings is 1. The van der Waals surface area contributed by atoms with Gasteiger partial charge in [-0.3, -0.25) is 14.9 Å². The molecular weight excluding hydrogens is 421 g/mol. The van der Waals surface area contributed by atoms with Crippen molar-refractivity contribution in [1.82, 2.24) is 9.80 Å². The van der Waals surface area contributed by atoms with Gasteiger partial charge < -0.3 is 20.0 Å². The number of carbonyl (C=O) groups excluding carboxylic acids is 1. The van der Waals surface area contributed by atoms with Gasteiger partial charge in [0.2, 0.25) is 5.75 Å². The molecule has 0 aromatic heterocycles. The van der Waals surface area contributed by atoms with Crippen molar-refractivity contribution in [1.29, 1.82) is 0 Å². The molecule has 2 heterocycles. The van der Waals surface area contributed by atoms with E-state index < -0.39 is 22.1 Å². The number of phenolic OH excluding ortho intramolecular Hbond substituents is 2. The van der Waals surface area contributed by atoms with Crippen LogP contribution in [0.3, 0.4) is 0 Å². The Morgan fingerprint density at radius 1 is 1.07 bits per heavy atom. The zero-order chi connectivity index (χ0) is 19.4. The summed E-state index contributed by atoms with van der Waals surface area (Å²) in [6.07, 6.45) is 6.37. The first-order chi connectivity index (χ1) is 13.0. The smallest absolute Gasteiger partial charge is 0.315 e. The van der Waals surface area contributed by atoms with E-state index in [-0.39, 0.29) is 42.6 Å². The van der Waals surface area contributed by atoms with Gasteiger partial charge in [-0.15, -0.1) is 24.8 Å². The summed E-state index contributed by atoms with van der Waals surface area (Å²) in [5, 5.41) is 30.1. The highest BCUT2D eigenvalue weighted by molar-refractivity contribution is 5.97. The van der Waals surface area contributed by atoms with Crippen LogP contribution >= 0.6 is 24.8 Å². The summed E-state index contributed by atoms with van der Waals surface area (Å²) in [5.41, 5.74) is -0.596. The van der Waals surface area contributed by atoms with Crippen molar-refractivity contribution in [2.45, 2.75) is 44.6 Å². The van der Waals surface area contributed by atoms with Crippen LogP contribution in [0.1, 0.15) is 48.9 Å². The molecule has 2 N–H and O–H groups in total. The minimum Gasteiger partial charge on any atom is -0.504 e. The average Bonchev–Trinajstić information content (AvgIpc) is 2.69. The molecule has 8 nitrogen and oxygen atoms in total. The zero-order valence-electron chi connectivity index (χ0n) is 16.3. The van der Waals surface area contributed by atoms with E-state index in [0.717, 1.165) is 38.1 Å². The Labute approximate surface area is 182 Å². The molecule has 164 valence electrons. The Kier molecular flexibility index (Phi) is 10.1. The van der Waals surface area contributed by atoms with Crippen LogP contribution in [0.4, 0.5) is 5.69 Å². The molecule has 0 atom stereocenters. The van der Waals surface area contributed by atoms with E-state index in [9.17, 15) is 25.1 Å². The third-order valence-corrected chi connectivity index (χ3v) is 5.71. The second-order valence-corrected chi connectivity index (χ2v) is 7.46. The topological polar surface area (TPSA) is 107 Å². The minimum atomic E-state index is -0.809. The highest BCUT2D eigenvalue weighted by Crippen LogP contribution is 2.36. The number of likely N-dealkylation sites (tertiary alicyclic amines) is 2. The second-order valence-electron chi connectivity index (χ2n) is 7.46. The fourth-order valence-electron chi connectivity index (χ4n) is 4.10. The van der Waals surface area contributed by atoms with Gasteiger partial charge >= 0.3 is 5.69 Å².